The summed E-state index contributed by atoms with van der Waals surface area (Å²) in [6.07, 6.45) is 1.60. The minimum atomic E-state index is -0.542. The van der Waals surface area contributed by atoms with E-state index in [9.17, 15) is 9.59 Å². The summed E-state index contributed by atoms with van der Waals surface area (Å²) in [4.78, 5) is 28.2. The molecule has 0 bridgehead atoms. The Hall–Kier alpha value is -3.32. The molecule has 4 rings (SSSR count). The second-order valence-electron chi connectivity index (χ2n) is 6.61. The Balaban J connectivity index is 1.36. The fourth-order valence-corrected chi connectivity index (χ4v) is 3.17. The number of nitrogens with one attached hydrogen (secondary N) is 2. The Morgan fingerprint density at radius 3 is 2.93 bits per heavy atom. The van der Waals surface area contributed by atoms with Crippen LogP contribution in [-0.4, -0.2) is 22.9 Å². The summed E-state index contributed by atoms with van der Waals surface area (Å²) in [5.74, 6) is 1.17. The summed E-state index contributed by atoms with van der Waals surface area (Å²) in [6.45, 7) is 1.67. The zero-order chi connectivity index (χ0) is 20.4. The van der Waals surface area contributed by atoms with Crippen LogP contribution < -0.4 is 15.4 Å². The SMILES string of the molecule is CC1Oc2ccc(NC(=O)CCc3ncc(-c4ccccc4Cl)o3)cc2NC1=O. The molecule has 0 spiro atoms. The van der Waals surface area contributed by atoms with Crippen molar-refractivity contribution in [2.45, 2.75) is 25.9 Å². The minimum Gasteiger partial charge on any atom is -0.479 e. The number of nitrogens with zero attached hydrogens (tertiary/aromatic N) is 1. The van der Waals surface area contributed by atoms with Crippen LogP contribution in [-0.2, 0) is 16.0 Å². The van der Waals surface area contributed by atoms with Gasteiger partial charge in [-0.05, 0) is 37.3 Å². The molecule has 2 heterocycles. The number of amides is 2. The van der Waals surface area contributed by atoms with Crippen LogP contribution in [0, 0.1) is 0 Å². The average Bonchev–Trinajstić information content (AvgIpc) is 3.17. The molecule has 2 aromatic carbocycles. The predicted octanol–water partition coefficient (Wildman–Crippen LogP) is 4.29. The maximum atomic E-state index is 12.3. The summed E-state index contributed by atoms with van der Waals surface area (Å²) in [5.41, 5.74) is 1.85. The van der Waals surface area contributed by atoms with E-state index >= 15 is 0 Å². The Morgan fingerprint density at radius 1 is 1.28 bits per heavy atom. The van der Waals surface area contributed by atoms with Gasteiger partial charge < -0.3 is 19.8 Å². The smallest absolute Gasteiger partial charge is 0.265 e. The molecule has 3 aromatic rings. The van der Waals surface area contributed by atoms with Crippen molar-refractivity contribution < 1.29 is 18.7 Å². The normalized spacial score (nSPS) is 15.2. The van der Waals surface area contributed by atoms with E-state index in [0.717, 1.165) is 5.56 Å². The van der Waals surface area contributed by atoms with Gasteiger partial charge in [-0.15, -0.1) is 0 Å². The third-order valence-electron chi connectivity index (χ3n) is 4.45. The van der Waals surface area contributed by atoms with Gasteiger partial charge in [0.05, 0.1) is 16.9 Å². The van der Waals surface area contributed by atoms with Crippen molar-refractivity contribution >= 4 is 34.8 Å². The zero-order valence-electron chi connectivity index (χ0n) is 15.6. The van der Waals surface area contributed by atoms with E-state index in [-0.39, 0.29) is 18.2 Å². The van der Waals surface area contributed by atoms with Crippen molar-refractivity contribution in [2.24, 2.45) is 0 Å². The van der Waals surface area contributed by atoms with E-state index < -0.39 is 6.10 Å². The average molecular weight is 412 g/mol. The molecule has 1 unspecified atom stereocenters. The summed E-state index contributed by atoms with van der Waals surface area (Å²) in [7, 11) is 0. The number of anilines is 2. The highest BCUT2D eigenvalue weighted by Crippen LogP contribution is 2.32. The standard InChI is InChI=1S/C21H18ClN3O4/c1-12-21(27)25-16-10-13(6-7-17(16)28-12)24-19(26)8-9-20-23-11-18(29-20)14-4-2-3-5-15(14)22/h2-7,10-12H,8-9H2,1H3,(H,24,26)(H,25,27). The molecule has 0 saturated carbocycles. The van der Waals surface area contributed by atoms with Gasteiger partial charge in [0.1, 0.15) is 5.75 Å². The highest BCUT2D eigenvalue weighted by molar-refractivity contribution is 6.33. The fourth-order valence-electron chi connectivity index (χ4n) is 2.94. The van der Waals surface area contributed by atoms with Crippen LogP contribution in [0.25, 0.3) is 11.3 Å². The number of benzene rings is 2. The van der Waals surface area contributed by atoms with Crippen molar-refractivity contribution in [3.8, 4) is 17.1 Å². The Labute approximate surface area is 172 Å². The minimum absolute atomic E-state index is 0.194. The molecule has 1 aromatic heterocycles. The molecule has 0 saturated heterocycles. The van der Waals surface area contributed by atoms with Crippen molar-refractivity contribution in [1.29, 1.82) is 0 Å². The first-order chi connectivity index (χ1) is 14.0. The van der Waals surface area contributed by atoms with Crippen LogP contribution in [0.15, 0.2) is 53.1 Å². The Bertz CT molecular complexity index is 1080. The van der Waals surface area contributed by atoms with Crippen LogP contribution >= 0.6 is 11.6 Å². The first-order valence-corrected chi connectivity index (χ1v) is 9.48. The lowest BCUT2D eigenvalue weighted by Gasteiger charge is -2.23. The Morgan fingerprint density at radius 2 is 2.10 bits per heavy atom. The van der Waals surface area contributed by atoms with E-state index in [1.165, 1.54) is 0 Å². The van der Waals surface area contributed by atoms with Crippen molar-refractivity contribution in [3.63, 3.8) is 0 Å². The monoisotopic (exact) mass is 411 g/mol. The third kappa shape index (κ3) is 4.25. The maximum Gasteiger partial charge on any atom is 0.265 e. The molecule has 0 aliphatic carbocycles. The van der Waals surface area contributed by atoms with Crippen molar-refractivity contribution in [3.05, 3.63) is 59.6 Å². The molecule has 2 amide bonds. The second kappa shape index (κ2) is 7.97. The number of halogens is 1. The quantitative estimate of drug-likeness (QED) is 0.653. The number of rotatable bonds is 5. The van der Waals surface area contributed by atoms with Crippen molar-refractivity contribution in [2.75, 3.05) is 10.6 Å². The first kappa shape index (κ1) is 19.0. The third-order valence-corrected chi connectivity index (χ3v) is 4.78. The number of aryl methyl sites for hydroxylation is 1. The number of hydrogen-bond donors (Lipinski definition) is 2. The summed E-state index contributed by atoms with van der Waals surface area (Å²) in [6, 6.07) is 12.4. The van der Waals surface area contributed by atoms with Crippen LogP contribution in [0.4, 0.5) is 11.4 Å². The van der Waals surface area contributed by atoms with Crippen LogP contribution in [0.5, 0.6) is 5.75 Å². The number of hydrogen-bond acceptors (Lipinski definition) is 5. The second-order valence-corrected chi connectivity index (χ2v) is 7.01. The van der Waals surface area contributed by atoms with Gasteiger partial charge in [-0.25, -0.2) is 4.98 Å². The van der Waals surface area contributed by atoms with Gasteiger partial charge in [-0.2, -0.15) is 0 Å². The highest BCUT2D eigenvalue weighted by atomic mass is 35.5. The maximum absolute atomic E-state index is 12.3. The predicted molar refractivity (Wildman–Crippen MR) is 109 cm³/mol. The van der Waals surface area contributed by atoms with Gasteiger partial charge in [0, 0.05) is 24.1 Å². The molecule has 29 heavy (non-hydrogen) atoms. The van der Waals surface area contributed by atoms with Gasteiger partial charge >= 0.3 is 0 Å². The number of carbonyl (C=O) groups is 2. The molecule has 1 atom stereocenters. The highest BCUT2D eigenvalue weighted by Gasteiger charge is 2.23. The van der Waals surface area contributed by atoms with Crippen LogP contribution in [0.1, 0.15) is 19.2 Å². The molecule has 7 nitrogen and oxygen atoms in total. The molecule has 1 aliphatic heterocycles. The molecular weight excluding hydrogens is 394 g/mol. The van der Waals surface area contributed by atoms with E-state index in [4.69, 9.17) is 20.8 Å². The topological polar surface area (TPSA) is 93.5 Å². The lowest BCUT2D eigenvalue weighted by molar-refractivity contribution is -0.122. The molecule has 0 radical (unpaired) electrons. The molecule has 0 fully saturated rings. The van der Waals surface area contributed by atoms with E-state index in [1.807, 2.05) is 18.2 Å². The Kier molecular flexibility index (Phi) is 5.22. The molecule has 148 valence electrons. The van der Waals surface area contributed by atoms with Gasteiger partial charge in [0.15, 0.2) is 17.8 Å². The van der Waals surface area contributed by atoms with E-state index in [1.54, 1.807) is 37.4 Å². The molecule has 2 N–H and O–H groups in total. The summed E-state index contributed by atoms with van der Waals surface area (Å²) < 4.78 is 11.2. The fraction of sp³-hybridized carbons (Fsp3) is 0.190. The number of ether oxygens (including phenoxy) is 1. The summed E-state index contributed by atoms with van der Waals surface area (Å²) in [5, 5.41) is 6.13. The van der Waals surface area contributed by atoms with E-state index in [0.29, 0.717) is 40.2 Å². The van der Waals surface area contributed by atoms with Crippen molar-refractivity contribution in [1.82, 2.24) is 4.98 Å². The largest absolute Gasteiger partial charge is 0.479 e. The molecular formula is C21H18ClN3O4. The molecule has 8 heteroatoms. The number of aromatic nitrogens is 1. The lowest BCUT2D eigenvalue weighted by Crippen LogP contribution is -2.34. The zero-order valence-corrected chi connectivity index (χ0v) is 16.3. The summed E-state index contributed by atoms with van der Waals surface area (Å²) >= 11 is 6.17. The van der Waals surface area contributed by atoms with Crippen LogP contribution in [0.2, 0.25) is 5.02 Å². The van der Waals surface area contributed by atoms with E-state index in [2.05, 4.69) is 15.6 Å². The number of fused-ring (bicyclic) bond motifs is 1. The van der Waals surface area contributed by atoms with Crippen LogP contribution in [0.3, 0.4) is 0 Å². The molecule has 1 aliphatic rings. The lowest BCUT2D eigenvalue weighted by atomic mass is 10.2. The van der Waals surface area contributed by atoms with Gasteiger partial charge in [-0.3, -0.25) is 9.59 Å². The number of oxazole rings is 1. The number of carbonyl (C=O) groups excluding carboxylic acids is 2. The van der Waals surface area contributed by atoms with Gasteiger partial charge in [-0.1, -0.05) is 23.7 Å². The van der Waals surface area contributed by atoms with Gasteiger partial charge in [0.2, 0.25) is 5.91 Å². The first-order valence-electron chi connectivity index (χ1n) is 9.10. The van der Waals surface area contributed by atoms with Gasteiger partial charge in [0.25, 0.3) is 5.91 Å².